The molecule has 1 aliphatic heterocycles. The highest BCUT2D eigenvalue weighted by atomic mass is 35.5. The lowest BCUT2D eigenvalue weighted by molar-refractivity contribution is -0.123. The van der Waals surface area contributed by atoms with Crippen LogP contribution in [0.3, 0.4) is 0 Å². The van der Waals surface area contributed by atoms with Gasteiger partial charge in [0.1, 0.15) is 0 Å². The Balaban J connectivity index is 1.57. The number of amides is 1. The van der Waals surface area contributed by atoms with Gasteiger partial charge in [-0.15, -0.1) is 0 Å². The zero-order chi connectivity index (χ0) is 15.0. The molecule has 0 aromatic heterocycles. The summed E-state index contributed by atoms with van der Waals surface area (Å²) in [6.45, 7) is 0. The minimum absolute atomic E-state index is 0.0166. The molecule has 0 radical (unpaired) electrons. The van der Waals surface area contributed by atoms with Crippen LogP contribution in [0.1, 0.15) is 30.7 Å². The summed E-state index contributed by atoms with van der Waals surface area (Å²) in [7, 11) is -2.98. The molecule has 0 unspecified atom stereocenters. The molecule has 1 saturated carbocycles. The first-order valence-electron chi connectivity index (χ1n) is 7.21. The van der Waals surface area contributed by atoms with Gasteiger partial charge in [0.05, 0.1) is 11.5 Å². The fourth-order valence-corrected chi connectivity index (χ4v) is 4.77. The lowest BCUT2D eigenvalue weighted by Crippen LogP contribution is -2.43. The van der Waals surface area contributed by atoms with Crippen molar-refractivity contribution in [1.29, 1.82) is 0 Å². The van der Waals surface area contributed by atoms with Crippen LogP contribution in [0.2, 0.25) is 5.02 Å². The van der Waals surface area contributed by atoms with Crippen LogP contribution in [0.4, 0.5) is 0 Å². The molecule has 1 aromatic carbocycles. The van der Waals surface area contributed by atoms with Crippen LogP contribution in [0.25, 0.3) is 0 Å². The lowest BCUT2D eigenvalue weighted by Gasteiger charge is -2.23. The summed E-state index contributed by atoms with van der Waals surface area (Å²) in [6, 6.07) is 7.34. The van der Waals surface area contributed by atoms with E-state index in [4.69, 9.17) is 11.6 Å². The van der Waals surface area contributed by atoms with Crippen LogP contribution >= 0.6 is 11.6 Å². The molecule has 0 spiro atoms. The lowest BCUT2D eigenvalue weighted by atomic mass is 10.1. The van der Waals surface area contributed by atoms with Gasteiger partial charge in [0.15, 0.2) is 9.84 Å². The van der Waals surface area contributed by atoms with Crippen molar-refractivity contribution in [3.63, 3.8) is 0 Å². The maximum absolute atomic E-state index is 12.2. The van der Waals surface area contributed by atoms with Gasteiger partial charge in [-0.2, -0.15) is 0 Å². The molecule has 1 aliphatic carbocycles. The van der Waals surface area contributed by atoms with Crippen LogP contribution in [-0.2, 0) is 14.6 Å². The first-order valence-corrected chi connectivity index (χ1v) is 9.41. The number of carbonyl (C=O) groups excluding carboxylic acids is 1. The first kappa shape index (κ1) is 14.9. The zero-order valence-electron chi connectivity index (χ0n) is 11.6. The standard InChI is InChI=1S/C15H18ClNO3S/c16-11-5-3-10(4-6-11)13-8-14(13)15(18)17-12-2-1-7-21(19,20)9-12/h3-6,12-14H,1-2,7-9H2,(H,17,18)/t12-,13-,14-/m1/s1. The van der Waals surface area contributed by atoms with Gasteiger partial charge in [-0.1, -0.05) is 23.7 Å². The molecule has 21 heavy (non-hydrogen) atoms. The summed E-state index contributed by atoms with van der Waals surface area (Å²) in [5.74, 6) is 0.517. The van der Waals surface area contributed by atoms with Crippen molar-refractivity contribution in [2.75, 3.05) is 11.5 Å². The molecule has 1 aromatic rings. The van der Waals surface area contributed by atoms with Gasteiger partial charge in [-0.3, -0.25) is 4.79 Å². The largest absolute Gasteiger partial charge is 0.352 e. The van der Waals surface area contributed by atoms with Crippen molar-refractivity contribution in [2.45, 2.75) is 31.2 Å². The Morgan fingerprint density at radius 2 is 1.95 bits per heavy atom. The predicted molar refractivity (Wildman–Crippen MR) is 82.1 cm³/mol. The second-order valence-corrected chi connectivity index (χ2v) is 8.63. The topological polar surface area (TPSA) is 63.2 Å². The maximum Gasteiger partial charge on any atom is 0.223 e. The third kappa shape index (κ3) is 3.58. The van der Waals surface area contributed by atoms with Crippen molar-refractivity contribution in [3.05, 3.63) is 34.9 Å². The van der Waals surface area contributed by atoms with E-state index in [1.807, 2.05) is 24.3 Å². The zero-order valence-corrected chi connectivity index (χ0v) is 13.2. The Morgan fingerprint density at radius 1 is 1.24 bits per heavy atom. The number of hydrogen-bond donors (Lipinski definition) is 1. The monoisotopic (exact) mass is 327 g/mol. The Kier molecular flexibility index (Phi) is 3.97. The van der Waals surface area contributed by atoms with E-state index >= 15 is 0 Å². The van der Waals surface area contributed by atoms with Crippen molar-refractivity contribution < 1.29 is 13.2 Å². The molecule has 4 nitrogen and oxygen atoms in total. The van der Waals surface area contributed by atoms with Crippen LogP contribution in [0.15, 0.2) is 24.3 Å². The first-order chi connectivity index (χ1) is 9.94. The molecule has 1 N–H and O–H groups in total. The number of carbonyl (C=O) groups is 1. The van der Waals surface area contributed by atoms with Gasteiger partial charge in [-0.25, -0.2) is 8.42 Å². The summed E-state index contributed by atoms with van der Waals surface area (Å²) < 4.78 is 23.2. The van der Waals surface area contributed by atoms with E-state index in [0.717, 1.165) is 18.4 Å². The fourth-order valence-electron chi connectivity index (χ4n) is 3.01. The van der Waals surface area contributed by atoms with Crippen LogP contribution in [0.5, 0.6) is 0 Å². The Morgan fingerprint density at radius 3 is 2.62 bits per heavy atom. The molecular formula is C15H18ClNO3S. The van der Waals surface area contributed by atoms with E-state index in [2.05, 4.69) is 5.32 Å². The minimum Gasteiger partial charge on any atom is -0.352 e. The van der Waals surface area contributed by atoms with E-state index in [1.165, 1.54) is 0 Å². The molecule has 0 bridgehead atoms. The molecule has 2 fully saturated rings. The summed E-state index contributed by atoms with van der Waals surface area (Å²) in [6.07, 6.45) is 2.22. The van der Waals surface area contributed by atoms with Gasteiger partial charge >= 0.3 is 0 Å². The van der Waals surface area contributed by atoms with Crippen LogP contribution < -0.4 is 5.32 Å². The Bertz CT molecular complexity index is 641. The summed E-state index contributed by atoms with van der Waals surface area (Å²) >= 11 is 5.86. The Labute approximate surface area is 129 Å². The highest BCUT2D eigenvalue weighted by Crippen LogP contribution is 2.47. The van der Waals surface area contributed by atoms with E-state index in [0.29, 0.717) is 11.4 Å². The smallest absolute Gasteiger partial charge is 0.223 e. The average molecular weight is 328 g/mol. The van der Waals surface area contributed by atoms with Crippen molar-refractivity contribution in [2.24, 2.45) is 5.92 Å². The maximum atomic E-state index is 12.2. The number of benzene rings is 1. The van der Waals surface area contributed by atoms with E-state index < -0.39 is 9.84 Å². The van der Waals surface area contributed by atoms with Gasteiger partial charge < -0.3 is 5.32 Å². The third-order valence-electron chi connectivity index (χ3n) is 4.23. The van der Waals surface area contributed by atoms with E-state index in [1.54, 1.807) is 0 Å². The van der Waals surface area contributed by atoms with Gasteiger partial charge in [-0.05, 0) is 42.9 Å². The summed E-state index contributed by atoms with van der Waals surface area (Å²) in [4.78, 5) is 12.2. The highest BCUT2D eigenvalue weighted by Gasteiger charge is 2.44. The van der Waals surface area contributed by atoms with Crippen molar-refractivity contribution in [1.82, 2.24) is 5.32 Å². The van der Waals surface area contributed by atoms with Crippen LogP contribution in [-0.4, -0.2) is 31.9 Å². The Hall–Kier alpha value is -1.07. The average Bonchev–Trinajstić information content (AvgIpc) is 3.18. The molecule has 1 amide bonds. The normalized spacial score (nSPS) is 30.6. The molecule has 3 rings (SSSR count). The highest BCUT2D eigenvalue weighted by molar-refractivity contribution is 7.91. The van der Waals surface area contributed by atoms with Crippen molar-refractivity contribution in [3.8, 4) is 0 Å². The quantitative estimate of drug-likeness (QED) is 0.925. The van der Waals surface area contributed by atoms with Crippen molar-refractivity contribution >= 4 is 27.3 Å². The summed E-state index contributed by atoms with van der Waals surface area (Å²) in [5, 5.41) is 3.59. The number of rotatable bonds is 3. The second-order valence-electron chi connectivity index (χ2n) is 5.96. The van der Waals surface area contributed by atoms with Gasteiger partial charge in [0.25, 0.3) is 0 Å². The number of sulfone groups is 1. The number of hydrogen-bond acceptors (Lipinski definition) is 3. The number of nitrogens with one attached hydrogen (secondary N) is 1. The predicted octanol–water partition coefficient (Wildman–Crippen LogP) is 2.14. The molecular weight excluding hydrogens is 310 g/mol. The van der Waals surface area contributed by atoms with Gasteiger partial charge in [0.2, 0.25) is 5.91 Å². The van der Waals surface area contributed by atoms with E-state index in [9.17, 15) is 13.2 Å². The molecule has 6 heteroatoms. The minimum atomic E-state index is -2.98. The van der Waals surface area contributed by atoms with Crippen LogP contribution in [0, 0.1) is 5.92 Å². The fraction of sp³-hybridized carbons (Fsp3) is 0.533. The molecule has 1 saturated heterocycles. The molecule has 1 heterocycles. The molecule has 2 aliphatic rings. The SMILES string of the molecule is O=C(N[C@@H]1CCCS(=O)(=O)C1)[C@@H]1C[C@@H]1c1ccc(Cl)cc1. The molecule has 3 atom stereocenters. The number of halogens is 1. The summed E-state index contributed by atoms with van der Waals surface area (Å²) in [5.41, 5.74) is 1.12. The van der Waals surface area contributed by atoms with E-state index in [-0.39, 0.29) is 35.3 Å². The third-order valence-corrected chi connectivity index (χ3v) is 6.31. The van der Waals surface area contributed by atoms with Gasteiger partial charge in [0, 0.05) is 17.0 Å². The molecule has 114 valence electrons. The second kappa shape index (κ2) is 5.61.